The molecule has 3 aliphatic heterocycles. The summed E-state index contributed by atoms with van der Waals surface area (Å²) in [6.45, 7) is 20.5. The highest BCUT2D eigenvalue weighted by Crippen LogP contribution is 2.44. The third-order valence-electron chi connectivity index (χ3n) is 8.44. The molecule has 0 amide bonds. The lowest BCUT2D eigenvalue weighted by Crippen LogP contribution is -2.42. The van der Waals surface area contributed by atoms with Gasteiger partial charge < -0.3 is 14.2 Å². The second-order valence-electron chi connectivity index (χ2n) is 12.8. The van der Waals surface area contributed by atoms with Crippen LogP contribution >= 0.6 is 0 Å². The highest BCUT2D eigenvalue weighted by Gasteiger charge is 2.40. The molecule has 0 bridgehead atoms. The zero-order valence-corrected chi connectivity index (χ0v) is 20.4. The molecule has 0 spiro atoms. The maximum absolute atomic E-state index is 6.49. The largest absolute Gasteiger partial charge is 0.381 e. The molecule has 0 aliphatic carbocycles. The monoisotopic (exact) mass is 408 g/mol. The molecule has 5 unspecified atom stereocenters. The van der Waals surface area contributed by atoms with E-state index in [0.29, 0.717) is 34.9 Å². The van der Waals surface area contributed by atoms with E-state index >= 15 is 0 Å². The van der Waals surface area contributed by atoms with E-state index in [1.54, 1.807) is 0 Å². The van der Waals surface area contributed by atoms with Gasteiger partial charge in [0.25, 0.3) is 0 Å². The van der Waals surface area contributed by atoms with Gasteiger partial charge in [0.1, 0.15) is 0 Å². The molecule has 170 valence electrons. The Morgan fingerprint density at radius 3 is 1.93 bits per heavy atom. The molecule has 3 aliphatic rings. The van der Waals surface area contributed by atoms with Gasteiger partial charge in [0.2, 0.25) is 0 Å². The van der Waals surface area contributed by atoms with Crippen molar-refractivity contribution >= 4 is 0 Å². The molecule has 0 radical (unpaired) electrons. The summed E-state index contributed by atoms with van der Waals surface area (Å²) in [6, 6.07) is 0. The molecule has 3 saturated heterocycles. The summed E-state index contributed by atoms with van der Waals surface area (Å²) in [7, 11) is 0. The average Bonchev–Trinajstić information content (AvgIpc) is 3.17. The van der Waals surface area contributed by atoms with Crippen molar-refractivity contribution in [2.24, 2.45) is 34.0 Å². The van der Waals surface area contributed by atoms with Crippen molar-refractivity contribution < 1.29 is 14.2 Å². The van der Waals surface area contributed by atoms with Crippen LogP contribution in [0.5, 0.6) is 0 Å². The number of hydrogen-bond acceptors (Lipinski definition) is 3. The van der Waals surface area contributed by atoms with E-state index in [2.05, 4.69) is 48.5 Å². The number of ether oxygens (including phenoxy) is 3. The lowest BCUT2D eigenvalue weighted by Gasteiger charge is -2.44. The molecule has 3 fully saturated rings. The Morgan fingerprint density at radius 1 is 0.655 bits per heavy atom. The average molecular weight is 409 g/mol. The molecule has 0 aromatic heterocycles. The molecule has 0 aromatic carbocycles. The summed E-state index contributed by atoms with van der Waals surface area (Å²) in [5, 5.41) is 0. The highest BCUT2D eigenvalue weighted by molar-refractivity contribution is 4.90. The van der Waals surface area contributed by atoms with Crippen molar-refractivity contribution in [1.82, 2.24) is 0 Å². The molecular weight excluding hydrogens is 360 g/mol. The second kappa shape index (κ2) is 9.17. The first-order chi connectivity index (χ1) is 13.5. The van der Waals surface area contributed by atoms with E-state index in [9.17, 15) is 0 Å². The third-order valence-corrected chi connectivity index (χ3v) is 8.44. The summed E-state index contributed by atoms with van der Waals surface area (Å²) in [6.07, 6.45) is 9.43. The van der Waals surface area contributed by atoms with Crippen LogP contribution < -0.4 is 0 Å². The van der Waals surface area contributed by atoms with Gasteiger partial charge in [-0.05, 0) is 78.9 Å². The van der Waals surface area contributed by atoms with E-state index < -0.39 is 0 Å². The number of hydrogen-bond donors (Lipinski definition) is 0. The van der Waals surface area contributed by atoms with Gasteiger partial charge in [-0.1, -0.05) is 48.5 Å². The van der Waals surface area contributed by atoms with Gasteiger partial charge in [-0.25, -0.2) is 0 Å². The van der Waals surface area contributed by atoms with Crippen LogP contribution in [0.15, 0.2) is 0 Å². The topological polar surface area (TPSA) is 27.7 Å². The first-order valence-electron chi connectivity index (χ1n) is 12.3. The Bertz CT molecular complexity index is 497. The van der Waals surface area contributed by atoms with Gasteiger partial charge in [-0.2, -0.15) is 0 Å². The molecule has 5 atom stereocenters. The lowest BCUT2D eigenvalue weighted by atomic mass is 9.70. The SMILES string of the molecule is CC(C)(C)C1CCC(CC(C)(C)C2CCC(CC(C)(C)C3CCOC3)CO2)OC1. The standard InChI is InChI=1S/C26H48O3/c1-24(2,3)20-9-10-22(28-18-20)15-26(6,7)23-11-8-19(16-29-23)14-25(4,5)21-12-13-27-17-21/h19-23H,8-18H2,1-7H3. The van der Waals surface area contributed by atoms with Gasteiger partial charge in [0.15, 0.2) is 0 Å². The normalized spacial score (nSPS) is 35.1. The molecule has 3 heterocycles. The van der Waals surface area contributed by atoms with Gasteiger partial charge >= 0.3 is 0 Å². The fourth-order valence-corrected chi connectivity index (χ4v) is 6.01. The van der Waals surface area contributed by atoms with Gasteiger partial charge in [0, 0.05) is 19.8 Å². The molecule has 0 N–H and O–H groups in total. The Hall–Kier alpha value is -0.120. The minimum atomic E-state index is 0.193. The van der Waals surface area contributed by atoms with E-state index in [4.69, 9.17) is 14.2 Å². The summed E-state index contributed by atoms with van der Waals surface area (Å²) in [4.78, 5) is 0. The number of rotatable bonds is 6. The third kappa shape index (κ3) is 6.20. The quantitative estimate of drug-likeness (QED) is 0.502. The van der Waals surface area contributed by atoms with Crippen molar-refractivity contribution in [3.8, 4) is 0 Å². The van der Waals surface area contributed by atoms with E-state index in [1.807, 2.05) is 0 Å². The minimum Gasteiger partial charge on any atom is -0.381 e. The molecule has 29 heavy (non-hydrogen) atoms. The Labute approximate surface area is 180 Å². The van der Waals surface area contributed by atoms with Crippen LogP contribution in [0.25, 0.3) is 0 Å². The Morgan fingerprint density at radius 2 is 1.41 bits per heavy atom. The van der Waals surface area contributed by atoms with Crippen LogP contribution in [0, 0.1) is 34.0 Å². The maximum Gasteiger partial charge on any atom is 0.0627 e. The van der Waals surface area contributed by atoms with Crippen molar-refractivity contribution in [1.29, 1.82) is 0 Å². The van der Waals surface area contributed by atoms with E-state index in [-0.39, 0.29) is 5.41 Å². The molecule has 3 nitrogen and oxygen atoms in total. The first-order valence-corrected chi connectivity index (χ1v) is 12.3. The Kier molecular flexibility index (Phi) is 7.44. The zero-order valence-electron chi connectivity index (χ0n) is 20.4. The van der Waals surface area contributed by atoms with Gasteiger partial charge in [0.05, 0.1) is 18.8 Å². The van der Waals surface area contributed by atoms with Crippen LogP contribution in [0.3, 0.4) is 0 Å². The van der Waals surface area contributed by atoms with Crippen molar-refractivity contribution in [2.45, 2.75) is 106 Å². The summed E-state index contributed by atoms with van der Waals surface area (Å²) < 4.78 is 18.5. The Balaban J connectivity index is 1.43. The van der Waals surface area contributed by atoms with Crippen LogP contribution in [0.4, 0.5) is 0 Å². The van der Waals surface area contributed by atoms with Crippen LogP contribution in [0.2, 0.25) is 0 Å². The molecule has 0 aromatic rings. The summed E-state index contributed by atoms with van der Waals surface area (Å²) in [5.74, 6) is 2.12. The molecule has 3 heteroatoms. The minimum absolute atomic E-state index is 0.193. The first kappa shape index (κ1) is 23.5. The maximum atomic E-state index is 6.49. The van der Waals surface area contributed by atoms with Crippen molar-refractivity contribution in [2.75, 3.05) is 26.4 Å². The summed E-state index contributed by atoms with van der Waals surface area (Å²) in [5.41, 5.74) is 0.922. The fraction of sp³-hybridized carbons (Fsp3) is 1.00. The van der Waals surface area contributed by atoms with Crippen molar-refractivity contribution in [3.05, 3.63) is 0 Å². The van der Waals surface area contributed by atoms with E-state index in [1.165, 1.54) is 38.5 Å². The molecular formula is C26H48O3. The van der Waals surface area contributed by atoms with Crippen LogP contribution in [0.1, 0.15) is 93.4 Å². The predicted octanol–water partition coefficient (Wildman–Crippen LogP) is 6.49. The zero-order chi connectivity index (χ0) is 21.3. The molecule has 3 rings (SSSR count). The second-order valence-corrected chi connectivity index (χ2v) is 12.8. The van der Waals surface area contributed by atoms with Crippen molar-refractivity contribution in [3.63, 3.8) is 0 Å². The van der Waals surface area contributed by atoms with Gasteiger partial charge in [-0.15, -0.1) is 0 Å². The van der Waals surface area contributed by atoms with Crippen LogP contribution in [-0.2, 0) is 14.2 Å². The van der Waals surface area contributed by atoms with Crippen LogP contribution in [-0.4, -0.2) is 38.6 Å². The fourth-order valence-electron chi connectivity index (χ4n) is 6.01. The smallest absolute Gasteiger partial charge is 0.0627 e. The lowest BCUT2D eigenvalue weighted by molar-refractivity contribution is -0.116. The summed E-state index contributed by atoms with van der Waals surface area (Å²) >= 11 is 0. The van der Waals surface area contributed by atoms with Gasteiger partial charge in [-0.3, -0.25) is 0 Å². The van der Waals surface area contributed by atoms with E-state index in [0.717, 1.165) is 38.8 Å². The predicted molar refractivity (Wildman–Crippen MR) is 120 cm³/mol. The highest BCUT2D eigenvalue weighted by atomic mass is 16.5. The molecule has 0 saturated carbocycles.